The molecule has 5 heteroatoms. The average Bonchev–Trinajstić information content (AvgIpc) is 2.49. The van der Waals surface area contributed by atoms with Crippen molar-refractivity contribution in [1.29, 1.82) is 0 Å². The number of hydrogen-bond donors (Lipinski definition) is 1. The molecule has 0 unspecified atom stereocenters. The van der Waals surface area contributed by atoms with E-state index in [9.17, 15) is 14.0 Å². The van der Waals surface area contributed by atoms with Gasteiger partial charge < -0.3 is 5.32 Å². The Morgan fingerprint density at radius 1 is 1.09 bits per heavy atom. The summed E-state index contributed by atoms with van der Waals surface area (Å²) in [6.45, 7) is 1.94. The van der Waals surface area contributed by atoms with Crippen LogP contribution in [0, 0.1) is 12.7 Å². The molecule has 0 spiro atoms. The number of rotatable bonds is 5. The van der Waals surface area contributed by atoms with Gasteiger partial charge in [0.15, 0.2) is 5.78 Å². The van der Waals surface area contributed by atoms with Gasteiger partial charge in [-0.05, 0) is 25.1 Å². The first-order chi connectivity index (χ1) is 10.5. The predicted octanol–water partition coefficient (Wildman–Crippen LogP) is 4.39. The standard InChI is InChI=1S/C17H15ClFNO2/c1-11-2-4-12(5-3-11)16(21)8-9-17(22)20-13-6-7-15(19)14(18)10-13/h2-7,10H,8-9H2,1H3,(H,20,22). The van der Waals surface area contributed by atoms with Crippen molar-refractivity contribution < 1.29 is 14.0 Å². The second-order valence-electron chi connectivity index (χ2n) is 4.97. The molecule has 114 valence electrons. The molecule has 1 N–H and O–H groups in total. The van der Waals surface area contributed by atoms with E-state index in [-0.39, 0.29) is 29.6 Å². The van der Waals surface area contributed by atoms with Gasteiger partial charge in [0.1, 0.15) is 5.82 Å². The molecule has 2 aromatic rings. The Hall–Kier alpha value is -2.20. The van der Waals surface area contributed by atoms with Gasteiger partial charge in [-0.1, -0.05) is 41.4 Å². The summed E-state index contributed by atoms with van der Waals surface area (Å²) in [7, 11) is 0. The van der Waals surface area contributed by atoms with Crippen molar-refractivity contribution in [2.45, 2.75) is 19.8 Å². The minimum Gasteiger partial charge on any atom is -0.326 e. The Balaban J connectivity index is 1.88. The second-order valence-corrected chi connectivity index (χ2v) is 5.37. The highest BCUT2D eigenvalue weighted by Crippen LogP contribution is 2.19. The van der Waals surface area contributed by atoms with Gasteiger partial charge >= 0.3 is 0 Å². The Morgan fingerprint density at radius 3 is 2.41 bits per heavy atom. The van der Waals surface area contributed by atoms with Gasteiger partial charge in [0.05, 0.1) is 5.02 Å². The van der Waals surface area contributed by atoms with Gasteiger partial charge in [-0.25, -0.2) is 4.39 Å². The molecule has 0 radical (unpaired) electrons. The number of Topliss-reactive ketones (excluding diaryl/α,β-unsaturated/α-hetero) is 1. The third-order valence-corrected chi connectivity index (χ3v) is 3.45. The maximum absolute atomic E-state index is 13.0. The van der Waals surface area contributed by atoms with Gasteiger partial charge in [-0.15, -0.1) is 0 Å². The maximum atomic E-state index is 13.0. The van der Waals surface area contributed by atoms with E-state index < -0.39 is 5.82 Å². The van der Waals surface area contributed by atoms with Crippen molar-refractivity contribution in [2.75, 3.05) is 5.32 Å². The van der Waals surface area contributed by atoms with E-state index in [1.54, 1.807) is 12.1 Å². The molecule has 0 saturated carbocycles. The molecule has 0 atom stereocenters. The maximum Gasteiger partial charge on any atom is 0.224 e. The number of amides is 1. The third kappa shape index (κ3) is 4.40. The van der Waals surface area contributed by atoms with Crippen molar-refractivity contribution in [3.63, 3.8) is 0 Å². The summed E-state index contributed by atoms with van der Waals surface area (Å²) in [4.78, 5) is 23.8. The van der Waals surface area contributed by atoms with E-state index >= 15 is 0 Å². The van der Waals surface area contributed by atoms with Crippen molar-refractivity contribution in [3.05, 3.63) is 64.4 Å². The lowest BCUT2D eigenvalue weighted by molar-refractivity contribution is -0.116. The predicted molar refractivity (Wildman–Crippen MR) is 84.8 cm³/mol. The summed E-state index contributed by atoms with van der Waals surface area (Å²) in [5, 5.41) is 2.52. The fraction of sp³-hybridized carbons (Fsp3) is 0.176. The van der Waals surface area contributed by atoms with E-state index in [1.165, 1.54) is 18.2 Å². The number of benzene rings is 2. The van der Waals surface area contributed by atoms with Crippen LogP contribution in [0.4, 0.5) is 10.1 Å². The molecular formula is C17H15ClFNO2. The van der Waals surface area contributed by atoms with Crippen LogP contribution in [0.2, 0.25) is 5.02 Å². The molecule has 22 heavy (non-hydrogen) atoms. The Bertz CT molecular complexity index is 698. The number of ketones is 1. The molecule has 0 fully saturated rings. The quantitative estimate of drug-likeness (QED) is 0.831. The highest BCUT2D eigenvalue weighted by Gasteiger charge is 2.10. The number of nitrogens with one attached hydrogen (secondary N) is 1. The first-order valence-corrected chi connectivity index (χ1v) is 7.18. The molecule has 3 nitrogen and oxygen atoms in total. The largest absolute Gasteiger partial charge is 0.326 e. The third-order valence-electron chi connectivity index (χ3n) is 3.16. The zero-order chi connectivity index (χ0) is 16.1. The zero-order valence-electron chi connectivity index (χ0n) is 12.0. The van der Waals surface area contributed by atoms with Crippen LogP contribution >= 0.6 is 11.6 Å². The van der Waals surface area contributed by atoms with Crippen LogP contribution in [0.3, 0.4) is 0 Å². The fourth-order valence-corrected chi connectivity index (χ4v) is 2.09. The first-order valence-electron chi connectivity index (χ1n) is 6.80. The molecule has 1 amide bonds. The average molecular weight is 320 g/mol. The summed E-state index contributed by atoms with van der Waals surface area (Å²) in [5.74, 6) is -0.954. The van der Waals surface area contributed by atoms with Crippen LogP contribution in [0.5, 0.6) is 0 Å². The summed E-state index contributed by atoms with van der Waals surface area (Å²) in [5.41, 5.74) is 2.06. The second kappa shape index (κ2) is 7.18. The van der Waals surface area contributed by atoms with E-state index in [4.69, 9.17) is 11.6 Å². The SMILES string of the molecule is Cc1ccc(C(=O)CCC(=O)Nc2ccc(F)c(Cl)c2)cc1. The van der Waals surface area contributed by atoms with E-state index in [0.29, 0.717) is 11.3 Å². The minimum absolute atomic E-state index is 0.0572. The first kappa shape index (κ1) is 16.2. The highest BCUT2D eigenvalue weighted by molar-refractivity contribution is 6.31. The lowest BCUT2D eigenvalue weighted by Gasteiger charge is -2.06. The van der Waals surface area contributed by atoms with Crippen molar-refractivity contribution >= 4 is 29.0 Å². The van der Waals surface area contributed by atoms with Gasteiger partial charge in [0.25, 0.3) is 0 Å². The molecule has 2 aromatic carbocycles. The number of halogens is 2. The van der Waals surface area contributed by atoms with Crippen molar-refractivity contribution in [1.82, 2.24) is 0 Å². The van der Waals surface area contributed by atoms with Crippen LogP contribution in [0.25, 0.3) is 0 Å². The fourth-order valence-electron chi connectivity index (χ4n) is 1.91. The normalized spacial score (nSPS) is 10.3. The van der Waals surface area contributed by atoms with E-state index in [0.717, 1.165) is 5.56 Å². The topological polar surface area (TPSA) is 46.2 Å². The number of carbonyl (C=O) groups excluding carboxylic acids is 2. The number of anilines is 1. The van der Waals surface area contributed by atoms with Crippen molar-refractivity contribution in [2.24, 2.45) is 0 Å². The van der Waals surface area contributed by atoms with Crippen LogP contribution in [0.1, 0.15) is 28.8 Å². The Labute approximate surface area is 133 Å². The zero-order valence-corrected chi connectivity index (χ0v) is 12.8. The lowest BCUT2D eigenvalue weighted by atomic mass is 10.0. The molecule has 0 aliphatic carbocycles. The van der Waals surface area contributed by atoms with Crippen LogP contribution in [-0.4, -0.2) is 11.7 Å². The Morgan fingerprint density at radius 2 is 1.77 bits per heavy atom. The van der Waals surface area contributed by atoms with Gasteiger partial charge in [-0.3, -0.25) is 9.59 Å². The number of aryl methyl sites for hydroxylation is 1. The van der Waals surface area contributed by atoms with Crippen LogP contribution in [0.15, 0.2) is 42.5 Å². The van der Waals surface area contributed by atoms with Crippen LogP contribution in [-0.2, 0) is 4.79 Å². The summed E-state index contributed by atoms with van der Waals surface area (Å²) >= 11 is 5.64. The van der Waals surface area contributed by atoms with Gasteiger partial charge in [0.2, 0.25) is 5.91 Å². The van der Waals surface area contributed by atoms with E-state index in [2.05, 4.69) is 5.32 Å². The summed E-state index contributed by atoms with van der Waals surface area (Å²) in [6.07, 6.45) is 0.172. The van der Waals surface area contributed by atoms with Crippen LogP contribution < -0.4 is 5.32 Å². The van der Waals surface area contributed by atoms with Crippen molar-refractivity contribution in [3.8, 4) is 0 Å². The summed E-state index contributed by atoms with van der Waals surface area (Å²) < 4.78 is 13.0. The molecule has 0 aliphatic rings. The van der Waals surface area contributed by atoms with Gasteiger partial charge in [-0.2, -0.15) is 0 Å². The minimum atomic E-state index is -0.547. The number of hydrogen-bond acceptors (Lipinski definition) is 2. The highest BCUT2D eigenvalue weighted by atomic mass is 35.5. The van der Waals surface area contributed by atoms with E-state index in [1.807, 2.05) is 19.1 Å². The molecule has 0 saturated heterocycles. The molecule has 0 bridgehead atoms. The lowest BCUT2D eigenvalue weighted by Crippen LogP contribution is -2.13. The molecule has 0 aromatic heterocycles. The monoisotopic (exact) mass is 319 g/mol. The molecule has 0 heterocycles. The molecule has 0 aliphatic heterocycles. The molecule has 2 rings (SSSR count). The smallest absolute Gasteiger partial charge is 0.224 e. The summed E-state index contributed by atoms with van der Waals surface area (Å²) in [6, 6.07) is 11.1. The number of carbonyl (C=O) groups is 2. The molecular weight excluding hydrogens is 305 g/mol. The Kier molecular flexibility index (Phi) is 5.28. The van der Waals surface area contributed by atoms with Gasteiger partial charge in [0, 0.05) is 24.1 Å².